The van der Waals surface area contributed by atoms with Crippen molar-refractivity contribution in [2.24, 2.45) is 7.05 Å². The van der Waals surface area contributed by atoms with Crippen molar-refractivity contribution < 1.29 is 44.3 Å². The van der Waals surface area contributed by atoms with Crippen LogP contribution in [0.3, 0.4) is 0 Å². The number of amides is 1. The predicted molar refractivity (Wildman–Crippen MR) is 87.1 cm³/mol. The minimum Gasteiger partial charge on any atom is -0.548 e. The van der Waals surface area contributed by atoms with Crippen LogP contribution in [-0.4, -0.2) is 40.3 Å². The summed E-state index contributed by atoms with van der Waals surface area (Å²) < 4.78 is 1.60. The zero-order valence-corrected chi connectivity index (χ0v) is 16.9. The van der Waals surface area contributed by atoms with Crippen LogP contribution in [0.4, 0.5) is 5.69 Å². The van der Waals surface area contributed by atoms with Gasteiger partial charge in [-0.25, -0.2) is 0 Å². The molecule has 2 unspecified atom stereocenters. The van der Waals surface area contributed by atoms with Crippen molar-refractivity contribution in [1.82, 2.24) is 15.1 Å². The van der Waals surface area contributed by atoms with Crippen molar-refractivity contribution >= 4 is 17.6 Å². The van der Waals surface area contributed by atoms with Gasteiger partial charge in [0.25, 0.3) is 0 Å². The zero-order chi connectivity index (χ0) is 17.1. The monoisotopic (exact) mass is 354 g/mol. The Kier molecular flexibility index (Phi) is 7.10. The first-order valence-corrected chi connectivity index (χ1v) is 8.49. The van der Waals surface area contributed by atoms with Gasteiger partial charge in [-0.3, -0.25) is 9.48 Å². The van der Waals surface area contributed by atoms with Gasteiger partial charge in [-0.05, 0) is 38.5 Å². The first-order valence-electron chi connectivity index (χ1n) is 8.49. The number of rotatable bonds is 5. The van der Waals surface area contributed by atoms with Gasteiger partial charge in [-0.15, -0.1) is 0 Å². The Balaban J connectivity index is 0.00000225. The summed E-state index contributed by atoms with van der Waals surface area (Å²) in [5.74, 6) is -1.28. The summed E-state index contributed by atoms with van der Waals surface area (Å²) in [6, 6.07) is -1.29. The van der Waals surface area contributed by atoms with Gasteiger partial charge in [0.05, 0.1) is 23.9 Å². The van der Waals surface area contributed by atoms with E-state index in [0.717, 1.165) is 12.8 Å². The first-order chi connectivity index (χ1) is 11.6. The average molecular weight is 354 g/mol. The Morgan fingerprint density at radius 3 is 2.68 bits per heavy atom. The fourth-order valence-electron chi connectivity index (χ4n) is 3.59. The first kappa shape index (κ1) is 20.0. The molecule has 2 heterocycles. The molecule has 25 heavy (non-hydrogen) atoms. The number of nitrogens with one attached hydrogen (secondary N) is 1. The number of aliphatic carboxylic acids is 1. The minimum absolute atomic E-state index is 0. The van der Waals surface area contributed by atoms with Crippen LogP contribution in [0.25, 0.3) is 0 Å². The predicted octanol–water partition coefficient (Wildman–Crippen LogP) is -2.87. The molecular weight excluding hydrogens is 331 g/mol. The average Bonchev–Trinajstić information content (AvgIpc) is 3.19. The summed E-state index contributed by atoms with van der Waals surface area (Å²) in [4.78, 5) is 25.7. The standard InChI is InChI=1S/C17H24N4O3.Na/c1-20-11-13(10-19-20)21-14(7-8-15(21)17(23)24)16(22)18-9-12-5-3-2-4-6-12;/h5,10-11,14-15H,2-4,6-9H2,1H3,(H,18,22)(H,23,24);/q;+1/p-1. The van der Waals surface area contributed by atoms with E-state index in [-0.39, 0.29) is 35.5 Å². The number of hydrogen-bond acceptors (Lipinski definition) is 5. The second kappa shape index (κ2) is 8.87. The number of aryl methyl sites for hydroxylation is 1. The van der Waals surface area contributed by atoms with E-state index in [1.54, 1.807) is 29.0 Å². The third-order valence-electron chi connectivity index (χ3n) is 4.82. The summed E-state index contributed by atoms with van der Waals surface area (Å²) in [5.41, 5.74) is 1.90. The molecule has 1 N–H and O–H groups in total. The van der Waals surface area contributed by atoms with Crippen LogP contribution in [0.2, 0.25) is 0 Å². The van der Waals surface area contributed by atoms with Gasteiger partial charge < -0.3 is 20.1 Å². The van der Waals surface area contributed by atoms with Crippen molar-refractivity contribution in [3.8, 4) is 0 Å². The maximum Gasteiger partial charge on any atom is 1.00 e. The van der Waals surface area contributed by atoms with Crippen LogP contribution in [0.5, 0.6) is 0 Å². The number of carbonyl (C=O) groups excluding carboxylic acids is 2. The quantitative estimate of drug-likeness (QED) is 0.453. The Bertz CT molecular complexity index is 658. The number of nitrogens with zero attached hydrogens (tertiary/aromatic N) is 3. The Morgan fingerprint density at radius 1 is 1.32 bits per heavy atom. The summed E-state index contributed by atoms with van der Waals surface area (Å²) in [7, 11) is 1.76. The van der Waals surface area contributed by atoms with Crippen LogP contribution in [0.15, 0.2) is 24.0 Å². The third kappa shape index (κ3) is 4.65. The number of carboxylic acid groups (broad SMARTS) is 1. The molecule has 0 radical (unpaired) electrons. The largest absolute Gasteiger partial charge is 1.00 e. The van der Waals surface area contributed by atoms with E-state index in [1.165, 1.54) is 18.4 Å². The van der Waals surface area contributed by atoms with Crippen LogP contribution < -0.4 is 44.9 Å². The molecule has 7 nitrogen and oxygen atoms in total. The summed E-state index contributed by atoms with van der Waals surface area (Å²) in [6.07, 6.45) is 10.9. The molecule has 0 bridgehead atoms. The molecule has 1 aromatic heterocycles. The van der Waals surface area contributed by atoms with E-state index in [2.05, 4.69) is 16.5 Å². The number of allylic oxidation sites excluding steroid dienone is 1. The third-order valence-corrected chi connectivity index (χ3v) is 4.82. The van der Waals surface area contributed by atoms with E-state index in [0.29, 0.717) is 25.1 Å². The molecule has 3 rings (SSSR count). The summed E-state index contributed by atoms with van der Waals surface area (Å²) in [6.45, 7) is 0.548. The SMILES string of the molecule is Cn1cc(N2C(C(=O)[O-])CCC2C(=O)NCC2=CCCCC2)cn1.[Na+]. The maximum absolute atomic E-state index is 12.6. The summed E-state index contributed by atoms with van der Waals surface area (Å²) in [5, 5.41) is 18.5. The Labute approximate surface area is 169 Å². The molecule has 1 aromatic rings. The maximum atomic E-state index is 12.6. The van der Waals surface area contributed by atoms with Crippen LogP contribution in [0.1, 0.15) is 38.5 Å². The van der Waals surface area contributed by atoms with E-state index >= 15 is 0 Å². The van der Waals surface area contributed by atoms with Crippen molar-refractivity contribution in [2.75, 3.05) is 11.4 Å². The molecule has 2 atom stereocenters. The summed E-state index contributed by atoms with van der Waals surface area (Å²) >= 11 is 0. The number of anilines is 1. The van der Waals surface area contributed by atoms with Gasteiger partial charge in [0.1, 0.15) is 6.04 Å². The molecule has 2 aliphatic rings. The molecule has 1 amide bonds. The second-order valence-electron chi connectivity index (χ2n) is 6.53. The molecule has 1 aliphatic carbocycles. The molecule has 130 valence electrons. The molecule has 1 saturated heterocycles. The zero-order valence-electron chi connectivity index (χ0n) is 14.9. The second-order valence-corrected chi connectivity index (χ2v) is 6.53. The minimum atomic E-state index is -1.15. The van der Waals surface area contributed by atoms with Gasteiger partial charge in [0, 0.05) is 19.8 Å². The molecular formula is C17H23N4NaO3. The Hall–Kier alpha value is -1.31. The number of hydrogen-bond donors (Lipinski definition) is 1. The Morgan fingerprint density at radius 2 is 2.08 bits per heavy atom. The van der Waals surface area contributed by atoms with Crippen molar-refractivity contribution in [1.29, 1.82) is 0 Å². The fraction of sp³-hybridized carbons (Fsp3) is 0.588. The fourth-order valence-corrected chi connectivity index (χ4v) is 3.59. The molecule has 1 fully saturated rings. The van der Waals surface area contributed by atoms with Gasteiger partial charge in [-0.2, -0.15) is 5.10 Å². The molecule has 8 heteroatoms. The van der Waals surface area contributed by atoms with Gasteiger partial charge in [0.15, 0.2) is 0 Å². The van der Waals surface area contributed by atoms with Gasteiger partial charge in [-0.1, -0.05) is 11.6 Å². The van der Waals surface area contributed by atoms with E-state index in [1.807, 2.05) is 0 Å². The van der Waals surface area contributed by atoms with Crippen molar-refractivity contribution in [2.45, 2.75) is 50.6 Å². The molecule has 1 aliphatic heterocycles. The van der Waals surface area contributed by atoms with Crippen molar-refractivity contribution in [3.63, 3.8) is 0 Å². The van der Waals surface area contributed by atoms with E-state index < -0.39 is 18.1 Å². The smallest absolute Gasteiger partial charge is 0.548 e. The van der Waals surface area contributed by atoms with Crippen LogP contribution >= 0.6 is 0 Å². The van der Waals surface area contributed by atoms with Crippen molar-refractivity contribution in [3.05, 3.63) is 24.0 Å². The van der Waals surface area contributed by atoms with E-state index in [4.69, 9.17) is 0 Å². The topological polar surface area (TPSA) is 90.3 Å². The van der Waals surface area contributed by atoms with Crippen LogP contribution in [-0.2, 0) is 16.6 Å². The number of aromatic nitrogens is 2. The van der Waals surface area contributed by atoms with Gasteiger partial charge in [0.2, 0.25) is 5.91 Å². The molecule has 0 spiro atoms. The number of carboxylic acids is 1. The molecule has 0 aromatic carbocycles. The molecule has 0 saturated carbocycles. The normalized spacial score (nSPS) is 22.9. The van der Waals surface area contributed by atoms with E-state index in [9.17, 15) is 14.7 Å². The van der Waals surface area contributed by atoms with Gasteiger partial charge >= 0.3 is 29.6 Å². The van der Waals surface area contributed by atoms with Crippen LogP contribution in [0, 0.1) is 0 Å². The number of carbonyl (C=O) groups is 2.